The molecule has 1 aromatic heterocycles. The van der Waals surface area contributed by atoms with Gasteiger partial charge in [0.2, 0.25) is 11.8 Å². The van der Waals surface area contributed by atoms with Crippen LogP contribution in [0.4, 0.5) is 24.5 Å². The molecule has 0 radical (unpaired) electrons. The van der Waals surface area contributed by atoms with Gasteiger partial charge in [-0.3, -0.25) is 0 Å². The third-order valence-electron chi connectivity index (χ3n) is 4.70. The lowest BCUT2D eigenvalue weighted by Gasteiger charge is -2.11. The summed E-state index contributed by atoms with van der Waals surface area (Å²) in [6.07, 6.45) is -2.30. The molecule has 0 unspecified atom stereocenters. The summed E-state index contributed by atoms with van der Waals surface area (Å²) in [7, 11) is 0. The second kappa shape index (κ2) is 8.57. The Morgan fingerprint density at radius 2 is 1.73 bits per heavy atom. The Morgan fingerprint density at radius 1 is 1.07 bits per heavy atom. The molecule has 0 spiro atoms. The number of halogens is 3. The summed E-state index contributed by atoms with van der Waals surface area (Å²) in [6, 6.07) is 14.2. The van der Waals surface area contributed by atoms with E-state index in [0.717, 1.165) is 25.0 Å². The minimum absolute atomic E-state index is 0.291. The van der Waals surface area contributed by atoms with Crippen molar-refractivity contribution >= 4 is 11.4 Å². The first-order valence-electron chi connectivity index (χ1n) is 9.66. The average molecular weight is 414 g/mol. The van der Waals surface area contributed by atoms with Crippen LogP contribution in [0.3, 0.4) is 0 Å². The fourth-order valence-corrected chi connectivity index (χ4v) is 2.88. The molecule has 0 aliphatic heterocycles. The van der Waals surface area contributed by atoms with Crippen molar-refractivity contribution in [1.29, 1.82) is 5.26 Å². The van der Waals surface area contributed by atoms with E-state index >= 15 is 0 Å². The minimum atomic E-state index is -4.38. The SMILES string of the molecule is CC.N#CC1(Cc2nnc(-c3ccccc3Nc3ccc(C(F)(F)F)cc3)o2)CC1. The van der Waals surface area contributed by atoms with Gasteiger partial charge in [-0.1, -0.05) is 26.0 Å². The highest BCUT2D eigenvalue weighted by Crippen LogP contribution is 2.47. The normalized spacial score (nSPS) is 14.3. The summed E-state index contributed by atoms with van der Waals surface area (Å²) in [5, 5.41) is 20.4. The molecule has 1 aliphatic carbocycles. The molecule has 0 bridgehead atoms. The first kappa shape index (κ1) is 21.4. The van der Waals surface area contributed by atoms with Gasteiger partial charge in [0.05, 0.1) is 28.3 Å². The number of hydrogen-bond donors (Lipinski definition) is 1. The van der Waals surface area contributed by atoms with Crippen LogP contribution in [0.5, 0.6) is 0 Å². The van der Waals surface area contributed by atoms with Crippen LogP contribution >= 0.6 is 0 Å². The van der Waals surface area contributed by atoms with E-state index in [-0.39, 0.29) is 5.41 Å². The van der Waals surface area contributed by atoms with E-state index in [2.05, 4.69) is 21.6 Å². The molecule has 30 heavy (non-hydrogen) atoms. The zero-order valence-corrected chi connectivity index (χ0v) is 16.6. The van der Waals surface area contributed by atoms with Crippen LogP contribution in [-0.4, -0.2) is 10.2 Å². The van der Waals surface area contributed by atoms with Gasteiger partial charge in [0, 0.05) is 12.1 Å². The van der Waals surface area contributed by atoms with Crippen molar-refractivity contribution in [3.63, 3.8) is 0 Å². The van der Waals surface area contributed by atoms with Gasteiger partial charge >= 0.3 is 6.18 Å². The fourth-order valence-electron chi connectivity index (χ4n) is 2.88. The number of benzene rings is 2. The molecule has 1 aliphatic rings. The highest BCUT2D eigenvalue weighted by Gasteiger charge is 2.44. The third kappa shape index (κ3) is 4.79. The van der Waals surface area contributed by atoms with E-state index in [1.165, 1.54) is 12.1 Å². The standard InChI is InChI=1S/C20H15F3N4O.C2H6/c21-20(22,23)13-5-7-14(8-6-13)25-16-4-2-1-3-15(16)18-27-26-17(28-18)11-19(12-24)9-10-19;1-2/h1-8,25H,9-11H2;1-2H3. The summed E-state index contributed by atoms with van der Waals surface area (Å²) in [6.45, 7) is 4.00. The van der Waals surface area contributed by atoms with Gasteiger partial charge in [-0.05, 0) is 49.2 Å². The van der Waals surface area contributed by atoms with Crippen molar-refractivity contribution in [2.45, 2.75) is 39.3 Å². The van der Waals surface area contributed by atoms with E-state index in [9.17, 15) is 18.4 Å². The summed E-state index contributed by atoms with van der Waals surface area (Å²) >= 11 is 0. The molecule has 8 heteroatoms. The number of para-hydroxylation sites is 1. The van der Waals surface area contributed by atoms with Crippen LogP contribution in [0.25, 0.3) is 11.5 Å². The molecule has 1 saturated carbocycles. The Hall–Kier alpha value is -3.34. The van der Waals surface area contributed by atoms with Gasteiger partial charge in [0.1, 0.15) is 0 Å². The molecule has 4 rings (SSSR count). The molecule has 0 saturated heterocycles. The number of nitrogens with one attached hydrogen (secondary N) is 1. The van der Waals surface area contributed by atoms with E-state index in [1.54, 1.807) is 24.3 Å². The Bertz CT molecular complexity index is 1030. The zero-order valence-electron chi connectivity index (χ0n) is 16.6. The maximum atomic E-state index is 12.7. The van der Waals surface area contributed by atoms with Crippen molar-refractivity contribution in [3.05, 3.63) is 60.0 Å². The van der Waals surface area contributed by atoms with Crippen LogP contribution < -0.4 is 5.32 Å². The molecule has 1 N–H and O–H groups in total. The Balaban J connectivity index is 0.00000124. The topological polar surface area (TPSA) is 74.7 Å². The van der Waals surface area contributed by atoms with Crippen molar-refractivity contribution in [2.75, 3.05) is 5.32 Å². The largest absolute Gasteiger partial charge is 0.421 e. The predicted molar refractivity (Wildman–Crippen MR) is 107 cm³/mol. The summed E-state index contributed by atoms with van der Waals surface area (Å²) in [4.78, 5) is 0. The minimum Gasteiger partial charge on any atom is -0.421 e. The molecule has 1 fully saturated rings. The van der Waals surface area contributed by atoms with E-state index in [4.69, 9.17) is 4.42 Å². The van der Waals surface area contributed by atoms with Crippen molar-refractivity contribution in [3.8, 4) is 17.5 Å². The number of aromatic nitrogens is 2. The van der Waals surface area contributed by atoms with Gasteiger partial charge in [-0.15, -0.1) is 10.2 Å². The molecule has 0 atom stereocenters. The molecule has 2 aromatic carbocycles. The summed E-state index contributed by atoms with van der Waals surface area (Å²) < 4.78 is 43.9. The van der Waals surface area contributed by atoms with Gasteiger partial charge < -0.3 is 9.73 Å². The van der Waals surface area contributed by atoms with Gasteiger partial charge in [0.25, 0.3) is 0 Å². The Kier molecular flexibility index (Phi) is 6.11. The first-order valence-corrected chi connectivity index (χ1v) is 9.66. The van der Waals surface area contributed by atoms with Crippen molar-refractivity contribution in [2.24, 2.45) is 5.41 Å². The maximum Gasteiger partial charge on any atom is 0.416 e. The summed E-state index contributed by atoms with van der Waals surface area (Å²) in [5.74, 6) is 0.692. The number of anilines is 2. The molecule has 0 amide bonds. The van der Waals surface area contributed by atoms with Crippen molar-refractivity contribution in [1.82, 2.24) is 10.2 Å². The number of nitrogens with zero attached hydrogens (tertiary/aromatic N) is 3. The molecular formula is C22H21F3N4O. The van der Waals surface area contributed by atoms with Crippen LogP contribution in [0.2, 0.25) is 0 Å². The molecule has 156 valence electrons. The first-order chi connectivity index (χ1) is 14.4. The Morgan fingerprint density at radius 3 is 2.33 bits per heavy atom. The average Bonchev–Trinajstić information content (AvgIpc) is 3.37. The van der Waals surface area contributed by atoms with Crippen LogP contribution in [0, 0.1) is 16.7 Å². The zero-order chi connectivity index (χ0) is 21.8. The number of hydrogen-bond acceptors (Lipinski definition) is 5. The Labute approximate surface area is 172 Å². The maximum absolute atomic E-state index is 12.7. The highest BCUT2D eigenvalue weighted by molar-refractivity contribution is 5.76. The van der Waals surface area contributed by atoms with E-state index in [1.807, 2.05) is 13.8 Å². The molecule has 1 heterocycles. The number of nitriles is 1. The summed E-state index contributed by atoms with van der Waals surface area (Å²) in [5.41, 5.74) is 0.657. The van der Waals surface area contributed by atoms with E-state index < -0.39 is 11.7 Å². The smallest absolute Gasteiger partial charge is 0.416 e. The predicted octanol–water partition coefficient (Wildman–Crippen LogP) is 6.37. The van der Waals surface area contributed by atoms with Crippen LogP contribution in [0.1, 0.15) is 38.1 Å². The van der Waals surface area contributed by atoms with Gasteiger partial charge in [0.15, 0.2) is 0 Å². The monoisotopic (exact) mass is 414 g/mol. The third-order valence-corrected chi connectivity index (χ3v) is 4.70. The quantitative estimate of drug-likeness (QED) is 0.525. The lowest BCUT2D eigenvalue weighted by molar-refractivity contribution is -0.137. The van der Waals surface area contributed by atoms with Crippen LogP contribution in [0.15, 0.2) is 52.9 Å². The van der Waals surface area contributed by atoms with Crippen LogP contribution in [-0.2, 0) is 12.6 Å². The lowest BCUT2D eigenvalue weighted by atomic mass is 10.1. The highest BCUT2D eigenvalue weighted by atomic mass is 19.4. The number of alkyl halides is 3. The van der Waals surface area contributed by atoms with E-state index in [0.29, 0.717) is 35.1 Å². The molecule has 3 aromatic rings. The molecular weight excluding hydrogens is 393 g/mol. The van der Waals surface area contributed by atoms with Gasteiger partial charge in [-0.2, -0.15) is 18.4 Å². The second-order valence-electron chi connectivity index (χ2n) is 6.82. The fraction of sp³-hybridized carbons (Fsp3) is 0.318. The molecule has 5 nitrogen and oxygen atoms in total. The second-order valence-corrected chi connectivity index (χ2v) is 6.82. The van der Waals surface area contributed by atoms with Gasteiger partial charge in [-0.25, -0.2) is 0 Å². The number of rotatable bonds is 5. The lowest BCUT2D eigenvalue weighted by Crippen LogP contribution is -2.04. The van der Waals surface area contributed by atoms with Crippen molar-refractivity contribution < 1.29 is 17.6 Å².